The van der Waals surface area contributed by atoms with Gasteiger partial charge in [-0.2, -0.15) is 0 Å². The number of carbonyl (C=O) groups is 1. The van der Waals surface area contributed by atoms with Gasteiger partial charge in [-0.15, -0.1) is 0 Å². The van der Waals surface area contributed by atoms with Crippen LogP contribution in [0.15, 0.2) is 24.3 Å². The highest BCUT2D eigenvalue weighted by Gasteiger charge is 2.21. The molecule has 0 atom stereocenters. The molecule has 2 aromatic rings. The predicted octanol–water partition coefficient (Wildman–Crippen LogP) is 4.29. The molecule has 3 nitrogen and oxygen atoms in total. The summed E-state index contributed by atoms with van der Waals surface area (Å²) < 4.78 is 54.5. The second kappa shape index (κ2) is 5.88. The van der Waals surface area contributed by atoms with E-state index in [-0.39, 0.29) is 3.57 Å². The Balaban J connectivity index is 2.59. The normalized spacial score (nSPS) is 10.5. The van der Waals surface area contributed by atoms with Crippen LogP contribution < -0.4 is 5.32 Å². The molecular formula is C13H6F4INO2. The first-order valence-corrected chi connectivity index (χ1v) is 6.52. The van der Waals surface area contributed by atoms with Crippen molar-refractivity contribution < 1.29 is 27.5 Å². The van der Waals surface area contributed by atoms with E-state index in [0.717, 1.165) is 18.2 Å². The van der Waals surface area contributed by atoms with Crippen LogP contribution in [0.1, 0.15) is 10.4 Å². The highest BCUT2D eigenvalue weighted by molar-refractivity contribution is 14.1. The van der Waals surface area contributed by atoms with E-state index < -0.39 is 46.2 Å². The van der Waals surface area contributed by atoms with Gasteiger partial charge in [0.15, 0.2) is 23.3 Å². The molecule has 0 aliphatic heterocycles. The maximum atomic E-state index is 13.7. The molecule has 0 aliphatic rings. The monoisotopic (exact) mass is 411 g/mol. The van der Waals surface area contributed by atoms with E-state index in [1.807, 2.05) is 5.32 Å². The Kier molecular flexibility index (Phi) is 4.35. The maximum Gasteiger partial charge on any atom is 0.337 e. The fraction of sp³-hybridized carbons (Fsp3) is 0. The summed E-state index contributed by atoms with van der Waals surface area (Å²) in [6, 6.07) is 3.34. The summed E-state index contributed by atoms with van der Waals surface area (Å²) >= 11 is 1.67. The van der Waals surface area contributed by atoms with E-state index in [0.29, 0.717) is 6.07 Å². The second-order valence-electron chi connectivity index (χ2n) is 3.96. The number of carboxylic acid groups (broad SMARTS) is 1. The van der Waals surface area contributed by atoms with Crippen LogP contribution in [-0.4, -0.2) is 11.1 Å². The number of halogens is 5. The molecule has 0 saturated heterocycles. The molecule has 21 heavy (non-hydrogen) atoms. The lowest BCUT2D eigenvalue weighted by molar-refractivity contribution is 0.0697. The van der Waals surface area contributed by atoms with Crippen LogP contribution in [0.5, 0.6) is 0 Å². The van der Waals surface area contributed by atoms with Crippen molar-refractivity contribution in [2.75, 3.05) is 5.32 Å². The highest BCUT2D eigenvalue weighted by atomic mass is 127. The maximum absolute atomic E-state index is 13.7. The Hall–Kier alpha value is -1.84. The van der Waals surface area contributed by atoms with Crippen molar-refractivity contribution in [1.82, 2.24) is 0 Å². The van der Waals surface area contributed by atoms with Crippen LogP contribution in [0.4, 0.5) is 28.9 Å². The average Bonchev–Trinajstić information content (AvgIpc) is 2.37. The number of aromatic carboxylic acids is 1. The number of hydrogen-bond acceptors (Lipinski definition) is 2. The van der Waals surface area contributed by atoms with Crippen LogP contribution in [0.25, 0.3) is 0 Å². The predicted molar refractivity (Wildman–Crippen MR) is 75.7 cm³/mol. The zero-order valence-corrected chi connectivity index (χ0v) is 12.2. The fourth-order valence-electron chi connectivity index (χ4n) is 1.64. The number of hydrogen-bond donors (Lipinski definition) is 2. The van der Waals surface area contributed by atoms with Gasteiger partial charge < -0.3 is 10.4 Å². The Labute approximate surface area is 129 Å². The summed E-state index contributed by atoms with van der Waals surface area (Å²) in [4.78, 5) is 11.0. The van der Waals surface area contributed by atoms with Crippen molar-refractivity contribution >= 4 is 39.9 Å². The summed E-state index contributed by atoms with van der Waals surface area (Å²) in [5, 5.41) is 10.9. The van der Waals surface area contributed by atoms with Gasteiger partial charge in [0.05, 0.1) is 11.3 Å². The Morgan fingerprint density at radius 1 is 1.00 bits per heavy atom. The quantitative estimate of drug-likeness (QED) is 0.586. The van der Waals surface area contributed by atoms with Gasteiger partial charge in [-0.3, -0.25) is 0 Å². The molecule has 0 unspecified atom stereocenters. The summed E-state index contributed by atoms with van der Waals surface area (Å²) in [6.45, 7) is 0. The molecule has 2 aromatic carbocycles. The molecule has 0 saturated carbocycles. The van der Waals surface area contributed by atoms with Crippen molar-refractivity contribution in [3.05, 3.63) is 56.7 Å². The van der Waals surface area contributed by atoms with Crippen molar-refractivity contribution in [2.24, 2.45) is 0 Å². The van der Waals surface area contributed by atoms with Crippen LogP contribution in [0.2, 0.25) is 0 Å². The summed E-state index contributed by atoms with van der Waals surface area (Å²) in [7, 11) is 0. The SMILES string of the molecule is O=C(O)c1ccc(F)c(F)c1Nc1c(F)cc(I)cc1F. The van der Waals surface area contributed by atoms with E-state index >= 15 is 0 Å². The molecule has 0 heterocycles. The summed E-state index contributed by atoms with van der Waals surface area (Å²) in [5.74, 6) is -6.55. The standard InChI is InChI=1S/C13H6F4INO2/c14-7-2-1-6(13(20)21)11(10(7)17)19-12-8(15)3-5(18)4-9(12)16/h1-4,19H,(H,20,21). The van der Waals surface area contributed by atoms with E-state index in [4.69, 9.17) is 5.11 Å². The largest absolute Gasteiger partial charge is 0.478 e. The molecule has 0 amide bonds. The van der Waals surface area contributed by atoms with Crippen LogP contribution >= 0.6 is 22.6 Å². The molecule has 0 radical (unpaired) electrons. The lowest BCUT2D eigenvalue weighted by atomic mass is 10.1. The molecule has 0 aliphatic carbocycles. The molecule has 0 spiro atoms. The molecule has 2 rings (SSSR count). The topological polar surface area (TPSA) is 49.3 Å². The van der Waals surface area contributed by atoms with Crippen LogP contribution in [0.3, 0.4) is 0 Å². The fourth-order valence-corrected chi connectivity index (χ4v) is 2.18. The first-order chi connectivity index (χ1) is 9.81. The van der Waals surface area contributed by atoms with Gasteiger partial charge in [0, 0.05) is 3.57 Å². The minimum atomic E-state index is -1.57. The smallest absolute Gasteiger partial charge is 0.337 e. The van der Waals surface area contributed by atoms with Gasteiger partial charge in [-0.25, -0.2) is 22.4 Å². The van der Waals surface area contributed by atoms with Crippen LogP contribution in [-0.2, 0) is 0 Å². The average molecular weight is 411 g/mol. The van der Waals surface area contributed by atoms with E-state index in [9.17, 15) is 22.4 Å². The summed E-state index contributed by atoms with van der Waals surface area (Å²) in [5.41, 5.74) is -2.25. The molecule has 2 N–H and O–H groups in total. The minimum Gasteiger partial charge on any atom is -0.478 e. The molecule has 8 heteroatoms. The zero-order valence-electron chi connectivity index (χ0n) is 10.1. The number of anilines is 2. The Bertz CT molecular complexity index is 713. The van der Waals surface area contributed by atoms with Crippen molar-refractivity contribution in [3.63, 3.8) is 0 Å². The van der Waals surface area contributed by atoms with E-state index in [1.165, 1.54) is 0 Å². The zero-order chi connectivity index (χ0) is 15.7. The minimum absolute atomic E-state index is 0.256. The second-order valence-corrected chi connectivity index (χ2v) is 5.20. The number of rotatable bonds is 3. The molecular weight excluding hydrogens is 405 g/mol. The Morgan fingerprint density at radius 3 is 2.10 bits per heavy atom. The van der Waals surface area contributed by atoms with Gasteiger partial charge in [-0.05, 0) is 46.9 Å². The van der Waals surface area contributed by atoms with Gasteiger partial charge in [0.25, 0.3) is 0 Å². The molecule has 0 aromatic heterocycles. The third-order valence-corrected chi connectivity index (χ3v) is 3.20. The first-order valence-electron chi connectivity index (χ1n) is 5.44. The van der Waals surface area contributed by atoms with Crippen molar-refractivity contribution in [3.8, 4) is 0 Å². The van der Waals surface area contributed by atoms with Gasteiger partial charge >= 0.3 is 5.97 Å². The van der Waals surface area contributed by atoms with Crippen molar-refractivity contribution in [1.29, 1.82) is 0 Å². The van der Waals surface area contributed by atoms with Crippen molar-refractivity contribution in [2.45, 2.75) is 0 Å². The van der Waals surface area contributed by atoms with E-state index in [1.54, 1.807) is 22.6 Å². The third kappa shape index (κ3) is 3.09. The first kappa shape index (κ1) is 15.5. The lowest BCUT2D eigenvalue weighted by Gasteiger charge is -2.13. The molecule has 0 bridgehead atoms. The van der Waals surface area contributed by atoms with Crippen LogP contribution in [0, 0.1) is 26.8 Å². The molecule has 110 valence electrons. The molecule has 0 fully saturated rings. The van der Waals surface area contributed by atoms with Gasteiger partial charge in [0.1, 0.15) is 5.69 Å². The Morgan fingerprint density at radius 2 is 1.57 bits per heavy atom. The highest BCUT2D eigenvalue weighted by Crippen LogP contribution is 2.30. The summed E-state index contributed by atoms with van der Waals surface area (Å²) in [6.07, 6.45) is 0. The van der Waals surface area contributed by atoms with Gasteiger partial charge in [0.2, 0.25) is 0 Å². The van der Waals surface area contributed by atoms with Gasteiger partial charge in [-0.1, -0.05) is 0 Å². The number of nitrogens with one attached hydrogen (secondary N) is 1. The number of carboxylic acids is 1. The lowest BCUT2D eigenvalue weighted by Crippen LogP contribution is -2.08. The third-order valence-electron chi connectivity index (χ3n) is 2.58. The van der Waals surface area contributed by atoms with E-state index in [2.05, 4.69) is 0 Å². The number of benzene rings is 2.